The number of para-hydroxylation sites is 2. The maximum Gasteiger partial charge on any atom is 0.298 e. The fourth-order valence-electron chi connectivity index (χ4n) is 3.76. The fraction of sp³-hybridized carbons (Fsp3) is 0.348. The smallest absolute Gasteiger partial charge is 0.298 e. The lowest BCUT2D eigenvalue weighted by atomic mass is 9.96. The van der Waals surface area contributed by atoms with Crippen molar-refractivity contribution in [3.05, 3.63) is 53.6 Å². The molecule has 1 aliphatic heterocycles. The number of carbonyl (C=O) groups excluding carboxylic acids is 2. The maximum absolute atomic E-state index is 12.4. The minimum absolute atomic E-state index is 0.167. The monoisotopic (exact) mass is 422 g/mol. The number of oxazole rings is 1. The number of hydrazine groups is 1. The predicted octanol–water partition coefficient (Wildman–Crippen LogP) is 2.89. The molecule has 31 heavy (non-hydrogen) atoms. The van der Waals surface area contributed by atoms with Crippen molar-refractivity contribution < 1.29 is 18.7 Å². The third-order valence-electron chi connectivity index (χ3n) is 5.31. The summed E-state index contributed by atoms with van der Waals surface area (Å²) in [6.07, 6.45) is 1.30. The molecule has 2 heterocycles. The number of benzene rings is 2. The number of rotatable bonds is 5. The molecule has 1 aromatic heterocycles. The number of hydrogen-bond donors (Lipinski definition) is 2. The summed E-state index contributed by atoms with van der Waals surface area (Å²) in [5.41, 5.74) is 8.64. The zero-order valence-electron chi connectivity index (χ0n) is 17.7. The van der Waals surface area contributed by atoms with E-state index in [1.165, 1.54) is 0 Å². The molecule has 0 saturated carbocycles. The molecule has 162 valence electrons. The Morgan fingerprint density at radius 1 is 1.10 bits per heavy atom. The highest BCUT2D eigenvalue weighted by Crippen LogP contribution is 2.26. The molecule has 0 unspecified atom stereocenters. The molecule has 1 aliphatic rings. The molecule has 2 amide bonds. The summed E-state index contributed by atoms with van der Waals surface area (Å²) in [4.78, 5) is 31.0. The van der Waals surface area contributed by atoms with Crippen LogP contribution in [0.15, 0.2) is 46.9 Å². The van der Waals surface area contributed by atoms with Crippen LogP contribution >= 0.6 is 0 Å². The Kier molecular flexibility index (Phi) is 6.06. The van der Waals surface area contributed by atoms with E-state index in [1.54, 1.807) is 0 Å². The third-order valence-corrected chi connectivity index (χ3v) is 5.31. The molecule has 0 bridgehead atoms. The SMILES string of the molecule is Cc1cc(C)cc(OCC(=O)NNC(=O)C2CCN(c3nc4ccccc4o3)CC2)c1. The van der Waals surface area contributed by atoms with Gasteiger partial charge in [0.25, 0.3) is 11.9 Å². The van der Waals surface area contributed by atoms with Gasteiger partial charge in [-0.25, -0.2) is 0 Å². The minimum atomic E-state index is -0.406. The van der Waals surface area contributed by atoms with Crippen LogP contribution in [0.1, 0.15) is 24.0 Å². The second-order valence-corrected chi connectivity index (χ2v) is 7.88. The number of ether oxygens (including phenoxy) is 1. The average molecular weight is 422 g/mol. The lowest BCUT2D eigenvalue weighted by Crippen LogP contribution is -2.48. The summed E-state index contributed by atoms with van der Waals surface area (Å²) in [6.45, 7) is 5.09. The van der Waals surface area contributed by atoms with Crippen molar-refractivity contribution in [3.8, 4) is 5.75 Å². The number of hydrogen-bond acceptors (Lipinski definition) is 6. The Balaban J connectivity index is 1.21. The molecule has 2 aromatic carbocycles. The van der Waals surface area contributed by atoms with Crippen LogP contribution < -0.4 is 20.5 Å². The van der Waals surface area contributed by atoms with Gasteiger partial charge in [-0.3, -0.25) is 20.4 Å². The summed E-state index contributed by atoms with van der Waals surface area (Å²) in [6, 6.07) is 14.0. The van der Waals surface area contributed by atoms with E-state index >= 15 is 0 Å². The van der Waals surface area contributed by atoms with Crippen LogP contribution in [0.25, 0.3) is 11.1 Å². The Hall–Kier alpha value is -3.55. The first-order chi connectivity index (χ1) is 15.0. The number of aryl methyl sites for hydroxylation is 2. The summed E-state index contributed by atoms with van der Waals surface area (Å²) in [7, 11) is 0. The summed E-state index contributed by atoms with van der Waals surface area (Å²) in [5, 5.41) is 0. The van der Waals surface area contributed by atoms with E-state index in [1.807, 2.05) is 61.2 Å². The number of amides is 2. The highest BCUT2D eigenvalue weighted by molar-refractivity contribution is 5.84. The van der Waals surface area contributed by atoms with Crippen molar-refractivity contribution in [2.24, 2.45) is 5.92 Å². The van der Waals surface area contributed by atoms with Crippen LogP contribution in [-0.4, -0.2) is 36.5 Å². The molecule has 4 rings (SSSR count). The molecule has 0 atom stereocenters. The Labute approximate surface area is 180 Å². The van der Waals surface area contributed by atoms with Crippen molar-refractivity contribution in [1.29, 1.82) is 0 Å². The first-order valence-electron chi connectivity index (χ1n) is 10.4. The molecular weight excluding hydrogens is 396 g/mol. The molecule has 1 saturated heterocycles. The Bertz CT molecular complexity index is 1030. The van der Waals surface area contributed by atoms with Gasteiger partial charge in [0.1, 0.15) is 11.3 Å². The highest BCUT2D eigenvalue weighted by Gasteiger charge is 2.27. The van der Waals surface area contributed by atoms with Crippen molar-refractivity contribution >= 4 is 28.9 Å². The van der Waals surface area contributed by atoms with E-state index in [9.17, 15) is 9.59 Å². The largest absolute Gasteiger partial charge is 0.484 e. The first kappa shape index (κ1) is 20.7. The van der Waals surface area contributed by atoms with Gasteiger partial charge in [-0.05, 0) is 62.1 Å². The van der Waals surface area contributed by atoms with E-state index in [0.29, 0.717) is 37.7 Å². The highest BCUT2D eigenvalue weighted by atomic mass is 16.5. The van der Waals surface area contributed by atoms with Gasteiger partial charge in [0, 0.05) is 19.0 Å². The summed E-state index contributed by atoms with van der Waals surface area (Å²) >= 11 is 0. The van der Waals surface area contributed by atoms with Gasteiger partial charge in [0.2, 0.25) is 5.91 Å². The van der Waals surface area contributed by atoms with E-state index < -0.39 is 5.91 Å². The Morgan fingerprint density at radius 2 is 1.81 bits per heavy atom. The average Bonchev–Trinajstić information content (AvgIpc) is 3.20. The summed E-state index contributed by atoms with van der Waals surface area (Å²) in [5.74, 6) is -0.153. The van der Waals surface area contributed by atoms with E-state index in [-0.39, 0.29) is 18.4 Å². The molecular formula is C23H26N4O4. The van der Waals surface area contributed by atoms with Gasteiger partial charge in [-0.15, -0.1) is 0 Å². The van der Waals surface area contributed by atoms with Crippen LogP contribution in [0.5, 0.6) is 5.75 Å². The summed E-state index contributed by atoms with van der Waals surface area (Å²) < 4.78 is 11.3. The van der Waals surface area contributed by atoms with Crippen LogP contribution in [0.4, 0.5) is 6.01 Å². The van der Waals surface area contributed by atoms with E-state index in [4.69, 9.17) is 9.15 Å². The minimum Gasteiger partial charge on any atom is -0.484 e. The normalized spacial score (nSPS) is 14.5. The standard InChI is InChI=1S/C23H26N4O4/c1-15-11-16(2)13-18(12-15)30-14-21(28)25-26-22(29)17-7-9-27(10-8-17)23-24-19-5-3-4-6-20(19)31-23/h3-6,11-13,17H,7-10,14H2,1-2H3,(H,25,28)(H,26,29). The fourth-order valence-corrected chi connectivity index (χ4v) is 3.76. The van der Waals surface area contributed by atoms with Gasteiger partial charge in [0.15, 0.2) is 12.2 Å². The van der Waals surface area contributed by atoms with Crippen LogP contribution in [0.3, 0.4) is 0 Å². The zero-order valence-corrected chi connectivity index (χ0v) is 17.7. The van der Waals surface area contributed by atoms with Crippen molar-refractivity contribution in [2.75, 3.05) is 24.6 Å². The number of nitrogens with zero attached hydrogens (tertiary/aromatic N) is 2. The number of aromatic nitrogens is 1. The molecule has 8 nitrogen and oxygen atoms in total. The zero-order chi connectivity index (χ0) is 21.8. The number of piperidine rings is 1. The molecule has 2 N–H and O–H groups in total. The first-order valence-corrected chi connectivity index (χ1v) is 10.4. The Morgan fingerprint density at radius 3 is 2.52 bits per heavy atom. The van der Waals surface area contributed by atoms with E-state index in [2.05, 4.69) is 15.8 Å². The second kappa shape index (κ2) is 9.07. The van der Waals surface area contributed by atoms with Gasteiger partial charge >= 0.3 is 0 Å². The molecule has 0 aliphatic carbocycles. The van der Waals surface area contributed by atoms with Gasteiger partial charge in [0.05, 0.1) is 0 Å². The van der Waals surface area contributed by atoms with Crippen LogP contribution in [0.2, 0.25) is 0 Å². The van der Waals surface area contributed by atoms with E-state index in [0.717, 1.165) is 22.2 Å². The van der Waals surface area contributed by atoms with Crippen molar-refractivity contribution in [1.82, 2.24) is 15.8 Å². The third kappa shape index (κ3) is 5.14. The molecule has 1 fully saturated rings. The van der Waals surface area contributed by atoms with Crippen LogP contribution in [-0.2, 0) is 9.59 Å². The van der Waals surface area contributed by atoms with Gasteiger partial charge in [-0.2, -0.15) is 4.98 Å². The van der Waals surface area contributed by atoms with Crippen molar-refractivity contribution in [3.63, 3.8) is 0 Å². The molecule has 0 radical (unpaired) electrons. The number of fused-ring (bicyclic) bond motifs is 1. The number of carbonyl (C=O) groups is 2. The maximum atomic E-state index is 12.4. The lowest BCUT2D eigenvalue weighted by Gasteiger charge is -2.30. The van der Waals surface area contributed by atoms with Gasteiger partial charge in [-0.1, -0.05) is 18.2 Å². The number of anilines is 1. The molecule has 0 spiro atoms. The second-order valence-electron chi connectivity index (χ2n) is 7.88. The quantitative estimate of drug-likeness (QED) is 0.614. The van der Waals surface area contributed by atoms with Crippen LogP contribution in [0, 0.1) is 19.8 Å². The number of nitrogens with one attached hydrogen (secondary N) is 2. The predicted molar refractivity (Wildman–Crippen MR) is 117 cm³/mol. The van der Waals surface area contributed by atoms with Crippen molar-refractivity contribution in [2.45, 2.75) is 26.7 Å². The van der Waals surface area contributed by atoms with Gasteiger partial charge < -0.3 is 14.1 Å². The molecule has 8 heteroatoms. The molecule has 3 aromatic rings. The topological polar surface area (TPSA) is 96.7 Å². The lowest BCUT2D eigenvalue weighted by molar-refractivity contribution is -0.132.